The van der Waals surface area contributed by atoms with Gasteiger partial charge in [0.15, 0.2) is 0 Å². The normalized spacial score (nSPS) is 12.4. The highest BCUT2D eigenvalue weighted by Gasteiger charge is 2.12. The smallest absolute Gasteiger partial charge is 0.106 e. The van der Waals surface area contributed by atoms with Crippen LogP contribution in [0.15, 0.2) is 48.5 Å². The molecule has 0 radical (unpaired) electrons. The number of anilines is 1. The highest BCUT2D eigenvalue weighted by Crippen LogP contribution is 2.27. The Morgan fingerprint density at radius 2 is 1.75 bits per heavy atom. The molecule has 0 aromatic heterocycles. The molecule has 0 saturated carbocycles. The Hall–Kier alpha value is -1.80. The largest absolute Gasteiger partial charge is 0.398 e. The molecule has 0 heterocycles. The Morgan fingerprint density at radius 1 is 1.06 bits per heavy atom. The van der Waals surface area contributed by atoms with Gasteiger partial charge in [-0.15, -0.1) is 0 Å². The maximum absolute atomic E-state index is 10.2. The van der Waals surface area contributed by atoms with Gasteiger partial charge in [0.05, 0.1) is 0 Å². The van der Waals surface area contributed by atoms with E-state index in [1.54, 1.807) is 0 Å². The van der Waals surface area contributed by atoms with Crippen LogP contribution in [0.5, 0.6) is 0 Å². The van der Waals surface area contributed by atoms with Crippen LogP contribution in [0.1, 0.15) is 22.8 Å². The van der Waals surface area contributed by atoms with E-state index in [0.29, 0.717) is 5.69 Å². The molecule has 0 aliphatic heterocycles. The van der Waals surface area contributed by atoms with Crippen LogP contribution in [0.3, 0.4) is 0 Å². The van der Waals surface area contributed by atoms with Crippen molar-refractivity contribution in [2.75, 3.05) is 5.73 Å². The molecule has 2 rings (SSSR count). The first-order valence-corrected chi connectivity index (χ1v) is 5.27. The monoisotopic (exact) mass is 213 g/mol. The quantitative estimate of drug-likeness (QED) is 0.753. The molecule has 1 atom stereocenters. The number of aryl methyl sites for hydroxylation is 1. The van der Waals surface area contributed by atoms with Crippen LogP contribution in [0.25, 0.3) is 0 Å². The molecular weight excluding hydrogens is 198 g/mol. The molecule has 0 aliphatic carbocycles. The van der Waals surface area contributed by atoms with Crippen molar-refractivity contribution in [1.29, 1.82) is 0 Å². The first kappa shape index (κ1) is 10.7. The van der Waals surface area contributed by atoms with Gasteiger partial charge in [-0.25, -0.2) is 0 Å². The summed E-state index contributed by atoms with van der Waals surface area (Å²) in [5, 5.41) is 10.2. The molecule has 2 nitrogen and oxygen atoms in total. The molecule has 16 heavy (non-hydrogen) atoms. The van der Waals surface area contributed by atoms with E-state index in [1.807, 2.05) is 55.5 Å². The molecule has 2 heteroatoms. The van der Waals surface area contributed by atoms with Gasteiger partial charge in [-0.05, 0) is 18.6 Å². The molecular formula is C14H15NO. The summed E-state index contributed by atoms with van der Waals surface area (Å²) in [6.07, 6.45) is -0.652. The van der Waals surface area contributed by atoms with Gasteiger partial charge in [-0.1, -0.05) is 48.0 Å². The SMILES string of the molecule is Cc1ccc(N)c(C(O)c2ccccc2)c1. The topological polar surface area (TPSA) is 46.2 Å². The lowest BCUT2D eigenvalue weighted by Crippen LogP contribution is -2.03. The number of rotatable bonds is 2. The fourth-order valence-corrected chi connectivity index (χ4v) is 1.75. The van der Waals surface area contributed by atoms with Crippen molar-refractivity contribution in [2.24, 2.45) is 0 Å². The predicted octanol–water partition coefficient (Wildman–Crippen LogP) is 2.66. The summed E-state index contributed by atoms with van der Waals surface area (Å²) >= 11 is 0. The van der Waals surface area contributed by atoms with Crippen molar-refractivity contribution >= 4 is 5.69 Å². The molecule has 0 aliphatic rings. The Morgan fingerprint density at radius 3 is 2.44 bits per heavy atom. The van der Waals surface area contributed by atoms with Gasteiger partial charge in [0, 0.05) is 11.3 Å². The van der Waals surface area contributed by atoms with Crippen molar-refractivity contribution < 1.29 is 5.11 Å². The summed E-state index contributed by atoms with van der Waals surface area (Å²) in [6, 6.07) is 15.2. The second-order valence-electron chi connectivity index (χ2n) is 3.95. The number of hydrogen-bond donors (Lipinski definition) is 2. The summed E-state index contributed by atoms with van der Waals surface area (Å²) in [4.78, 5) is 0. The van der Waals surface area contributed by atoms with Gasteiger partial charge in [-0.3, -0.25) is 0 Å². The van der Waals surface area contributed by atoms with Crippen LogP contribution in [-0.4, -0.2) is 5.11 Å². The zero-order valence-corrected chi connectivity index (χ0v) is 9.22. The Bertz CT molecular complexity index is 479. The van der Waals surface area contributed by atoms with Gasteiger partial charge in [-0.2, -0.15) is 0 Å². The van der Waals surface area contributed by atoms with Crippen molar-refractivity contribution in [3.8, 4) is 0 Å². The average molecular weight is 213 g/mol. The van der Waals surface area contributed by atoms with Gasteiger partial charge < -0.3 is 10.8 Å². The Balaban J connectivity index is 2.41. The predicted molar refractivity (Wildman–Crippen MR) is 66.1 cm³/mol. The average Bonchev–Trinajstić information content (AvgIpc) is 2.32. The number of nitrogens with two attached hydrogens (primary N) is 1. The number of aliphatic hydroxyl groups is 1. The fourth-order valence-electron chi connectivity index (χ4n) is 1.75. The minimum atomic E-state index is -0.652. The van der Waals surface area contributed by atoms with Crippen LogP contribution in [0.4, 0.5) is 5.69 Å². The second-order valence-corrected chi connectivity index (χ2v) is 3.95. The maximum atomic E-state index is 10.2. The summed E-state index contributed by atoms with van der Waals surface area (Å²) < 4.78 is 0. The summed E-state index contributed by atoms with van der Waals surface area (Å²) in [6.45, 7) is 1.99. The third kappa shape index (κ3) is 2.07. The standard InChI is InChI=1S/C14H15NO/c1-10-7-8-13(15)12(9-10)14(16)11-5-3-2-4-6-11/h2-9,14,16H,15H2,1H3. The molecule has 0 bridgehead atoms. The molecule has 82 valence electrons. The van der Waals surface area contributed by atoms with Crippen molar-refractivity contribution in [2.45, 2.75) is 13.0 Å². The lowest BCUT2D eigenvalue weighted by molar-refractivity contribution is 0.221. The van der Waals surface area contributed by atoms with E-state index in [0.717, 1.165) is 16.7 Å². The zero-order valence-electron chi connectivity index (χ0n) is 9.22. The Labute approximate surface area is 95.4 Å². The number of nitrogen functional groups attached to an aromatic ring is 1. The van der Waals surface area contributed by atoms with Gasteiger partial charge in [0.1, 0.15) is 6.10 Å². The highest BCUT2D eigenvalue weighted by atomic mass is 16.3. The molecule has 2 aromatic rings. The summed E-state index contributed by atoms with van der Waals surface area (Å²) in [7, 11) is 0. The number of benzene rings is 2. The van der Waals surface area contributed by atoms with E-state index >= 15 is 0 Å². The van der Waals surface area contributed by atoms with E-state index < -0.39 is 6.10 Å². The fraction of sp³-hybridized carbons (Fsp3) is 0.143. The van der Waals surface area contributed by atoms with E-state index in [9.17, 15) is 5.11 Å². The van der Waals surface area contributed by atoms with Crippen LogP contribution >= 0.6 is 0 Å². The lowest BCUT2D eigenvalue weighted by Gasteiger charge is -2.14. The van der Waals surface area contributed by atoms with Gasteiger partial charge >= 0.3 is 0 Å². The van der Waals surface area contributed by atoms with Crippen molar-refractivity contribution in [3.05, 3.63) is 65.2 Å². The van der Waals surface area contributed by atoms with Crippen molar-refractivity contribution in [3.63, 3.8) is 0 Å². The molecule has 1 unspecified atom stereocenters. The molecule has 3 N–H and O–H groups in total. The highest BCUT2D eigenvalue weighted by molar-refractivity contribution is 5.52. The van der Waals surface area contributed by atoms with E-state index in [1.165, 1.54) is 0 Å². The number of aliphatic hydroxyl groups excluding tert-OH is 1. The van der Waals surface area contributed by atoms with Gasteiger partial charge in [0.25, 0.3) is 0 Å². The van der Waals surface area contributed by atoms with Gasteiger partial charge in [0.2, 0.25) is 0 Å². The van der Waals surface area contributed by atoms with Crippen LogP contribution in [0.2, 0.25) is 0 Å². The van der Waals surface area contributed by atoms with E-state index in [4.69, 9.17) is 5.73 Å². The first-order chi connectivity index (χ1) is 7.68. The van der Waals surface area contributed by atoms with E-state index in [-0.39, 0.29) is 0 Å². The summed E-state index contributed by atoms with van der Waals surface area (Å²) in [5.41, 5.74) is 9.22. The first-order valence-electron chi connectivity index (χ1n) is 5.27. The third-order valence-corrected chi connectivity index (χ3v) is 2.65. The van der Waals surface area contributed by atoms with Crippen molar-refractivity contribution in [1.82, 2.24) is 0 Å². The van der Waals surface area contributed by atoms with E-state index in [2.05, 4.69) is 0 Å². The van der Waals surface area contributed by atoms with Crippen LogP contribution in [0, 0.1) is 6.92 Å². The minimum absolute atomic E-state index is 0.627. The molecule has 2 aromatic carbocycles. The second kappa shape index (κ2) is 4.37. The minimum Gasteiger partial charge on any atom is -0.398 e. The Kier molecular flexibility index (Phi) is 2.93. The number of hydrogen-bond acceptors (Lipinski definition) is 2. The van der Waals surface area contributed by atoms with Crippen LogP contribution < -0.4 is 5.73 Å². The molecule has 0 fully saturated rings. The van der Waals surface area contributed by atoms with Crippen LogP contribution in [-0.2, 0) is 0 Å². The molecule has 0 spiro atoms. The summed E-state index contributed by atoms with van der Waals surface area (Å²) in [5.74, 6) is 0. The lowest BCUT2D eigenvalue weighted by atomic mass is 9.98. The zero-order chi connectivity index (χ0) is 11.5. The third-order valence-electron chi connectivity index (χ3n) is 2.65. The molecule has 0 saturated heterocycles. The molecule has 0 amide bonds. The maximum Gasteiger partial charge on any atom is 0.106 e.